The molecule has 0 saturated carbocycles. The number of benzene rings is 6. The van der Waals surface area contributed by atoms with Gasteiger partial charge >= 0.3 is 0 Å². The number of pyridine rings is 2. The van der Waals surface area contributed by atoms with Crippen LogP contribution in [0.15, 0.2) is 182 Å². The minimum absolute atomic E-state index is 0.543. The Morgan fingerprint density at radius 1 is 0.294 bits per heavy atom. The van der Waals surface area contributed by atoms with Crippen molar-refractivity contribution in [3.63, 3.8) is 0 Å². The molecule has 0 fully saturated rings. The van der Waals surface area contributed by atoms with E-state index in [9.17, 15) is 0 Å². The third-order valence-corrected chi connectivity index (χ3v) is 9.62. The largest absolute Gasteiger partial charge is 0.372 e. The number of aromatic nitrogens is 2. The maximum Gasteiger partial charge on any atom is 0.0727 e. The summed E-state index contributed by atoms with van der Waals surface area (Å²) in [5, 5.41) is 0. The van der Waals surface area contributed by atoms with Gasteiger partial charge in [-0.15, -0.1) is 0 Å². The highest BCUT2D eigenvalue weighted by Gasteiger charge is 2.19. The van der Waals surface area contributed by atoms with Crippen LogP contribution in [0.2, 0.25) is 0 Å². The summed E-state index contributed by atoms with van der Waals surface area (Å²) in [6.07, 6.45) is 0. The van der Waals surface area contributed by atoms with Crippen molar-refractivity contribution in [2.75, 3.05) is 0 Å². The van der Waals surface area contributed by atoms with Crippen LogP contribution < -0.4 is 0 Å². The van der Waals surface area contributed by atoms with E-state index >= 15 is 0 Å². The summed E-state index contributed by atoms with van der Waals surface area (Å²) in [4.78, 5) is 10.2. The molecule has 0 saturated heterocycles. The molecule has 9 rings (SSSR count). The van der Waals surface area contributed by atoms with Crippen molar-refractivity contribution in [2.24, 2.45) is 0 Å². The molecule has 2 aromatic heterocycles. The third kappa shape index (κ3) is 6.27. The molecule has 6 aromatic carbocycles. The second-order valence-electron chi connectivity index (χ2n) is 13.0. The number of rotatable bonds is 6. The monoisotopic (exact) mass is 654 g/mol. The maximum absolute atomic E-state index is 6.30. The van der Waals surface area contributed by atoms with E-state index in [-0.39, 0.29) is 0 Å². The zero-order valence-electron chi connectivity index (χ0n) is 28.0. The van der Waals surface area contributed by atoms with E-state index in [1.54, 1.807) is 0 Å². The van der Waals surface area contributed by atoms with Gasteiger partial charge in [-0.2, -0.15) is 0 Å². The lowest BCUT2D eigenvalue weighted by Crippen LogP contribution is -1.94. The third-order valence-electron chi connectivity index (χ3n) is 9.62. The zero-order chi connectivity index (χ0) is 34.0. The van der Waals surface area contributed by atoms with E-state index < -0.39 is 0 Å². The van der Waals surface area contributed by atoms with Crippen LogP contribution >= 0.6 is 0 Å². The standard InChI is InChI=1S/C48H34N2O/c1-5-13-33(14-6-1)45-27-40(28-46(49-45)34-15-7-2-8-16-34)37-23-24-43-42(25-37)32-51-31-39-22-21-38(26-44(39)43)41-29-47(35-17-9-3-10-18-35)50-48(30-41)36-19-11-4-12-20-36/h1-30H,31-32H2. The van der Waals surface area contributed by atoms with E-state index in [2.05, 4.69) is 158 Å². The van der Waals surface area contributed by atoms with Crippen molar-refractivity contribution in [3.05, 3.63) is 193 Å². The molecule has 0 unspecified atom stereocenters. The Morgan fingerprint density at radius 3 is 1.14 bits per heavy atom. The molecule has 0 amide bonds. The second kappa shape index (κ2) is 13.5. The SMILES string of the molecule is c1ccc(-c2cc(-c3ccc4c(c3)COCc3ccc(-c5cc(-c6ccccc6)nc(-c6ccccc6)c5)cc3-4)cc(-c3ccccc3)n2)cc1. The summed E-state index contributed by atoms with van der Waals surface area (Å²) < 4.78 is 6.30. The predicted molar refractivity (Wildman–Crippen MR) is 209 cm³/mol. The second-order valence-corrected chi connectivity index (χ2v) is 13.0. The number of fused-ring (bicyclic) bond motifs is 3. The molecule has 1 aliphatic heterocycles. The number of ether oxygens (including phenoxy) is 1. The van der Waals surface area contributed by atoms with E-state index in [1.807, 2.05) is 24.3 Å². The Morgan fingerprint density at radius 2 is 0.686 bits per heavy atom. The summed E-state index contributed by atoms with van der Waals surface area (Å²) in [5.74, 6) is 0. The van der Waals surface area contributed by atoms with Gasteiger partial charge in [-0.3, -0.25) is 0 Å². The van der Waals surface area contributed by atoms with Gasteiger partial charge in [-0.25, -0.2) is 9.97 Å². The van der Waals surface area contributed by atoms with Crippen LogP contribution in [0.4, 0.5) is 0 Å². The summed E-state index contributed by atoms with van der Waals surface area (Å²) in [5.41, 5.74) is 17.5. The predicted octanol–water partition coefficient (Wildman–Crippen LogP) is 12.2. The minimum Gasteiger partial charge on any atom is -0.372 e. The van der Waals surface area contributed by atoms with Crippen molar-refractivity contribution in [1.29, 1.82) is 0 Å². The first-order valence-corrected chi connectivity index (χ1v) is 17.4. The highest BCUT2D eigenvalue weighted by Crippen LogP contribution is 2.39. The summed E-state index contributed by atoms with van der Waals surface area (Å²) in [6.45, 7) is 1.10. The molecular weight excluding hydrogens is 621 g/mol. The normalized spacial score (nSPS) is 12.1. The molecule has 242 valence electrons. The molecule has 0 atom stereocenters. The fourth-order valence-electron chi connectivity index (χ4n) is 6.98. The summed E-state index contributed by atoms with van der Waals surface area (Å²) >= 11 is 0. The van der Waals surface area contributed by atoms with Crippen molar-refractivity contribution in [3.8, 4) is 78.4 Å². The van der Waals surface area contributed by atoms with E-state index in [0.717, 1.165) is 67.3 Å². The summed E-state index contributed by atoms with van der Waals surface area (Å²) in [6, 6.07) is 64.0. The van der Waals surface area contributed by atoms with Gasteiger partial charge in [0, 0.05) is 22.3 Å². The lowest BCUT2D eigenvalue weighted by Gasteiger charge is -2.15. The molecule has 3 heteroatoms. The summed E-state index contributed by atoms with van der Waals surface area (Å²) in [7, 11) is 0. The van der Waals surface area contributed by atoms with Gasteiger partial charge in [-0.1, -0.05) is 146 Å². The lowest BCUT2D eigenvalue weighted by molar-refractivity contribution is 0.110. The average Bonchev–Trinajstić information content (AvgIpc) is 3.40. The Kier molecular flexibility index (Phi) is 8.09. The van der Waals surface area contributed by atoms with Gasteiger partial charge in [0.1, 0.15) is 0 Å². The Balaban J connectivity index is 1.14. The first-order chi connectivity index (χ1) is 25.2. The first kappa shape index (κ1) is 30.6. The fourth-order valence-corrected chi connectivity index (χ4v) is 6.98. The Bertz CT molecular complexity index is 2360. The van der Waals surface area contributed by atoms with E-state index in [0.29, 0.717) is 13.2 Å². The highest BCUT2D eigenvalue weighted by atomic mass is 16.5. The highest BCUT2D eigenvalue weighted by molar-refractivity contribution is 5.84. The molecule has 3 heterocycles. The van der Waals surface area contributed by atoms with Gasteiger partial charge in [0.25, 0.3) is 0 Å². The number of hydrogen-bond donors (Lipinski definition) is 0. The molecule has 0 spiro atoms. The Hall–Kier alpha value is -6.42. The molecule has 0 bridgehead atoms. The number of nitrogens with zero attached hydrogens (tertiary/aromatic N) is 2. The minimum atomic E-state index is 0.543. The molecule has 3 nitrogen and oxygen atoms in total. The average molecular weight is 655 g/mol. The van der Waals surface area contributed by atoms with Crippen LogP contribution in [-0.2, 0) is 18.0 Å². The quantitative estimate of drug-likeness (QED) is 0.179. The zero-order valence-corrected chi connectivity index (χ0v) is 28.0. The Labute approximate surface area is 298 Å². The molecule has 8 aromatic rings. The van der Waals surface area contributed by atoms with E-state index in [4.69, 9.17) is 14.7 Å². The van der Waals surface area contributed by atoms with Crippen molar-refractivity contribution in [1.82, 2.24) is 9.97 Å². The lowest BCUT2D eigenvalue weighted by atomic mass is 9.90. The van der Waals surface area contributed by atoms with Crippen LogP contribution in [0, 0.1) is 0 Å². The molecule has 1 aliphatic rings. The van der Waals surface area contributed by atoms with Crippen LogP contribution in [0.25, 0.3) is 78.4 Å². The topological polar surface area (TPSA) is 35.0 Å². The maximum atomic E-state index is 6.30. The van der Waals surface area contributed by atoms with E-state index in [1.165, 1.54) is 22.3 Å². The first-order valence-electron chi connectivity index (χ1n) is 17.4. The van der Waals surface area contributed by atoms with Crippen LogP contribution in [0.5, 0.6) is 0 Å². The van der Waals surface area contributed by atoms with Crippen molar-refractivity contribution >= 4 is 0 Å². The van der Waals surface area contributed by atoms with Gasteiger partial charge in [-0.05, 0) is 80.9 Å². The van der Waals surface area contributed by atoms with Gasteiger partial charge in [0.2, 0.25) is 0 Å². The van der Waals surface area contributed by atoms with Crippen molar-refractivity contribution < 1.29 is 4.74 Å². The molecule has 0 radical (unpaired) electrons. The smallest absolute Gasteiger partial charge is 0.0727 e. The molecule has 0 N–H and O–H groups in total. The van der Waals surface area contributed by atoms with Crippen LogP contribution in [-0.4, -0.2) is 9.97 Å². The molecule has 51 heavy (non-hydrogen) atoms. The van der Waals surface area contributed by atoms with Crippen molar-refractivity contribution in [2.45, 2.75) is 13.2 Å². The number of hydrogen-bond acceptors (Lipinski definition) is 3. The van der Waals surface area contributed by atoms with Gasteiger partial charge in [0.05, 0.1) is 36.0 Å². The molecular formula is C48H34N2O. The van der Waals surface area contributed by atoms with Gasteiger partial charge in [0.15, 0.2) is 0 Å². The van der Waals surface area contributed by atoms with Crippen LogP contribution in [0.3, 0.4) is 0 Å². The molecule has 0 aliphatic carbocycles. The van der Waals surface area contributed by atoms with Crippen LogP contribution in [0.1, 0.15) is 11.1 Å². The fraction of sp³-hybridized carbons (Fsp3) is 0.0417. The van der Waals surface area contributed by atoms with Gasteiger partial charge < -0.3 is 4.74 Å².